The van der Waals surface area contributed by atoms with Gasteiger partial charge in [-0.3, -0.25) is 9.69 Å². The van der Waals surface area contributed by atoms with Gasteiger partial charge in [0.1, 0.15) is 18.1 Å². The molecule has 6 nitrogen and oxygen atoms in total. The van der Waals surface area contributed by atoms with E-state index in [4.69, 9.17) is 14.2 Å². The molecule has 0 aromatic heterocycles. The minimum atomic E-state index is -0.107. The van der Waals surface area contributed by atoms with Crippen LogP contribution in [0.3, 0.4) is 0 Å². The maximum atomic E-state index is 12.5. The van der Waals surface area contributed by atoms with Gasteiger partial charge < -0.3 is 19.5 Å². The Morgan fingerprint density at radius 3 is 2.82 bits per heavy atom. The van der Waals surface area contributed by atoms with Crippen LogP contribution in [0, 0.1) is 0 Å². The number of benzene rings is 2. The average Bonchev–Trinajstić information content (AvgIpc) is 2.70. The minimum Gasteiger partial charge on any atom is -0.497 e. The van der Waals surface area contributed by atoms with Crippen LogP contribution in [0.15, 0.2) is 46.9 Å². The van der Waals surface area contributed by atoms with Crippen molar-refractivity contribution in [2.75, 3.05) is 51.9 Å². The van der Waals surface area contributed by atoms with Crippen LogP contribution in [0.25, 0.3) is 0 Å². The second-order valence-corrected chi connectivity index (χ2v) is 7.44. The summed E-state index contributed by atoms with van der Waals surface area (Å²) in [4.78, 5) is 14.8. The Bertz CT molecular complexity index is 794. The fourth-order valence-corrected chi connectivity index (χ4v) is 3.36. The number of carbonyl (C=O) groups excluding carboxylic acids is 1. The van der Waals surface area contributed by atoms with Crippen molar-refractivity contribution in [2.24, 2.45) is 0 Å². The number of hydrogen-bond acceptors (Lipinski definition) is 5. The number of hydrogen-bond donors (Lipinski definition) is 1. The van der Waals surface area contributed by atoms with Gasteiger partial charge in [-0.05, 0) is 35.9 Å². The van der Waals surface area contributed by atoms with Gasteiger partial charge in [0.2, 0.25) is 5.91 Å². The van der Waals surface area contributed by atoms with Crippen LogP contribution < -0.4 is 14.8 Å². The molecule has 1 fully saturated rings. The second kappa shape index (κ2) is 10.5. The van der Waals surface area contributed by atoms with Gasteiger partial charge in [-0.25, -0.2) is 0 Å². The van der Waals surface area contributed by atoms with Crippen molar-refractivity contribution in [1.29, 1.82) is 0 Å². The van der Waals surface area contributed by atoms with Gasteiger partial charge in [0, 0.05) is 24.1 Å². The number of halogens is 1. The molecule has 28 heavy (non-hydrogen) atoms. The van der Waals surface area contributed by atoms with Gasteiger partial charge in [0.15, 0.2) is 0 Å². The number of nitrogens with zero attached hydrogens (tertiary/aromatic N) is 1. The molecular weight excluding hydrogens is 424 g/mol. The Morgan fingerprint density at radius 1 is 1.21 bits per heavy atom. The Hall–Kier alpha value is -2.09. The van der Waals surface area contributed by atoms with Gasteiger partial charge in [-0.1, -0.05) is 28.1 Å². The van der Waals surface area contributed by atoms with E-state index >= 15 is 0 Å². The van der Waals surface area contributed by atoms with Crippen molar-refractivity contribution in [3.8, 4) is 11.5 Å². The molecule has 3 rings (SSSR count). The van der Waals surface area contributed by atoms with Crippen molar-refractivity contribution in [2.45, 2.75) is 6.42 Å². The first-order valence-electron chi connectivity index (χ1n) is 9.29. The van der Waals surface area contributed by atoms with E-state index in [-0.39, 0.29) is 12.3 Å². The molecule has 0 saturated carbocycles. The third-order valence-electron chi connectivity index (χ3n) is 4.48. The normalized spacial score (nSPS) is 14.5. The monoisotopic (exact) mass is 448 g/mol. The fraction of sp³-hybridized carbons (Fsp3) is 0.381. The predicted molar refractivity (Wildman–Crippen MR) is 112 cm³/mol. The van der Waals surface area contributed by atoms with E-state index in [1.54, 1.807) is 7.11 Å². The SMILES string of the molecule is COc1cccc(CC(=O)Nc2cc(Br)ccc2OCCN2CCOCC2)c1. The highest BCUT2D eigenvalue weighted by Gasteiger charge is 2.13. The summed E-state index contributed by atoms with van der Waals surface area (Å²) in [6.45, 7) is 4.77. The standard InChI is InChI=1S/C21H25BrN2O4/c1-26-18-4-2-3-16(13-18)14-21(25)23-19-15-17(22)5-6-20(19)28-12-9-24-7-10-27-11-8-24/h2-6,13,15H,7-12,14H2,1H3,(H,23,25). The lowest BCUT2D eigenvalue weighted by Gasteiger charge is -2.26. The summed E-state index contributed by atoms with van der Waals surface area (Å²) in [5, 5.41) is 2.96. The van der Waals surface area contributed by atoms with E-state index in [1.807, 2.05) is 42.5 Å². The molecule has 1 aliphatic rings. The highest BCUT2D eigenvalue weighted by atomic mass is 79.9. The quantitative estimate of drug-likeness (QED) is 0.670. The highest BCUT2D eigenvalue weighted by molar-refractivity contribution is 9.10. The number of methoxy groups -OCH3 is 1. The summed E-state index contributed by atoms with van der Waals surface area (Å²) in [7, 11) is 1.61. The van der Waals surface area contributed by atoms with Crippen molar-refractivity contribution >= 4 is 27.5 Å². The molecule has 1 aliphatic heterocycles. The molecule has 2 aromatic rings. The molecular formula is C21H25BrN2O4. The van der Waals surface area contributed by atoms with Crippen LogP contribution in [0.1, 0.15) is 5.56 Å². The molecule has 0 aliphatic carbocycles. The van der Waals surface area contributed by atoms with Gasteiger partial charge in [-0.2, -0.15) is 0 Å². The third kappa shape index (κ3) is 6.22. The molecule has 1 N–H and O–H groups in total. The first-order valence-corrected chi connectivity index (χ1v) is 10.1. The molecule has 150 valence electrons. The number of nitrogens with one attached hydrogen (secondary N) is 1. The summed E-state index contributed by atoms with van der Waals surface area (Å²) >= 11 is 3.46. The lowest BCUT2D eigenvalue weighted by atomic mass is 10.1. The lowest BCUT2D eigenvalue weighted by molar-refractivity contribution is -0.115. The van der Waals surface area contributed by atoms with Crippen LogP contribution in [0.5, 0.6) is 11.5 Å². The summed E-state index contributed by atoms with van der Waals surface area (Å²) in [6.07, 6.45) is 0.261. The summed E-state index contributed by atoms with van der Waals surface area (Å²) in [5.41, 5.74) is 1.55. The molecule has 2 aromatic carbocycles. The Morgan fingerprint density at radius 2 is 2.04 bits per heavy atom. The van der Waals surface area contributed by atoms with Gasteiger partial charge in [-0.15, -0.1) is 0 Å². The average molecular weight is 449 g/mol. The molecule has 0 unspecified atom stereocenters. The zero-order valence-electron chi connectivity index (χ0n) is 15.9. The van der Waals surface area contributed by atoms with E-state index in [2.05, 4.69) is 26.1 Å². The Kier molecular flexibility index (Phi) is 7.71. The highest BCUT2D eigenvalue weighted by Crippen LogP contribution is 2.28. The van der Waals surface area contributed by atoms with Crippen molar-refractivity contribution < 1.29 is 19.0 Å². The van der Waals surface area contributed by atoms with E-state index in [0.717, 1.165) is 48.6 Å². The summed E-state index contributed by atoms with van der Waals surface area (Å²) < 4.78 is 17.4. The van der Waals surface area contributed by atoms with Crippen LogP contribution in [0.4, 0.5) is 5.69 Å². The molecule has 0 bridgehead atoms. The van der Waals surface area contributed by atoms with Crippen molar-refractivity contribution in [1.82, 2.24) is 4.90 Å². The largest absolute Gasteiger partial charge is 0.497 e. The second-order valence-electron chi connectivity index (χ2n) is 6.52. The van der Waals surface area contributed by atoms with Gasteiger partial charge >= 0.3 is 0 Å². The van der Waals surface area contributed by atoms with Crippen LogP contribution in [-0.4, -0.2) is 57.4 Å². The maximum absolute atomic E-state index is 12.5. The summed E-state index contributed by atoms with van der Waals surface area (Å²) in [6, 6.07) is 13.1. The van der Waals surface area contributed by atoms with E-state index in [9.17, 15) is 4.79 Å². The fourth-order valence-electron chi connectivity index (χ4n) is 3.00. The topological polar surface area (TPSA) is 60.0 Å². The first-order chi connectivity index (χ1) is 13.6. The molecule has 7 heteroatoms. The number of amides is 1. The Labute approximate surface area is 173 Å². The molecule has 0 atom stereocenters. The number of morpholine rings is 1. The molecule has 0 spiro atoms. The summed E-state index contributed by atoms with van der Waals surface area (Å²) in [5.74, 6) is 1.29. The zero-order valence-corrected chi connectivity index (χ0v) is 17.5. The van der Waals surface area contributed by atoms with Crippen LogP contribution in [0.2, 0.25) is 0 Å². The number of rotatable bonds is 8. The molecule has 1 amide bonds. The van der Waals surface area contributed by atoms with Crippen LogP contribution in [-0.2, 0) is 16.0 Å². The smallest absolute Gasteiger partial charge is 0.228 e. The minimum absolute atomic E-state index is 0.107. The van der Waals surface area contributed by atoms with Gasteiger partial charge in [0.05, 0.1) is 32.4 Å². The van der Waals surface area contributed by atoms with Crippen LogP contribution >= 0.6 is 15.9 Å². The van der Waals surface area contributed by atoms with E-state index < -0.39 is 0 Å². The van der Waals surface area contributed by atoms with E-state index in [1.165, 1.54) is 0 Å². The molecule has 1 heterocycles. The van der Waals surface area contributed by atoms with E-state index in [0.29, 0.717) is 18.0 Å². The number of carbonyl (C=O) groups is 1. The number of anilines is 1. The third-order valence-corrected chi connectivity index (χ3v) is 4.98. The maximum Gasteiger partial charge on any atom is 0.228 e. The predicted octanol–water partition coefficient (Wildman–Crippen LogP) is 3.35. The molecule has 1 saturated heterocycles. The zero-order chi connectivity index (χ0) is 19.8. The molecule has 0 radical (unpaired) electrons. The number of ether oxygens (including phenoxy) is 3. The van der Waals surface area contributed by atoms with Crippen molar-refractivity contribution in [3.63, 3.8) is 0 Å². The lowest BCUT2D eigenvalue weighted by Crippen LogP contribution is -2.38. The Balaban J connectivity index is 1.58. The first kappa shape index (κ1) is 20.6. The van der Waals surface area contributed by atoms with Crippen molar-refractivity contribution in [3.05, 3.63) is 52.5 Å². The van der Waals surface area contributed by atoms with Gasteiger partial charge in [0.25, 0.3) is 0 Å².